The molecule has 15 heavy (non-hydrogen) atoms. The van der Waals surface area contributed by atoms with Gasteiger partial charge in [-0.1, -0.05) is 6.07 Å². The van der Waals surface area contributed by atoms with Crippen LogP contribution < -0.4 is 0 Å². The Morgan fingerprint density at radius 2 is 2.20 bits per heavy atom. The van der Waals surface area contributed by atoms with Crippen LogP contribution in [0.4, 0.5) is 0 Å². The van der Waals surface area contributed by atoms with Crippen LogP contribution in [0.5, 0.6) is 0 Å². The minimum Gasteiger partial charge on any atom is -0.478 e. The quantitative estimate of drug-likeness (QED) is 0.701. The molecular formula is C11H11NO3. The van der Waals surface area contributed by atoms with Crippen molar-refractivity contribution in [2.24, 2.45) is 0 Å². The van der Waals surface area contributed by atoms with E-state index in [2.05, 4.69) is 4.98 Å². The van der Waals surface area contributed by atoms with Crippen molar-refractivity contribution in [1.82, 2.24) is 4.98 Å². The zero-order valence-electron chi connectivity index (χ0n) is 8.19. The highest BCUT2D eigenvalue weighted by atomic mass is 16.4. The first-order valence-corrected chi connectivity index (χ1v) is 4.62. The average molecular weight is 205 g/mol. The number of aliphatic hydroxyl groups excluding tert-OH is 1. The number of aromatic carboxylic acids is 1. The first-order valence-electron chi connectivity index (χ1n) is 4.62. The topological polar surface area (TPSA) is 73.3 Å². The van der Waals surface area contributed by atoms with Gasteiger partial charge in [0.15, 0.2) is 0 Å². The summed E-state index contributed by atoms with van der Waals surface area (Å²) >= 11 is 0. The van der Waals surface area contributed by atoms with Crippen molar-refractivity contribution in [2.75, 3.05) is 0 Å². The van der Waals surface area contributed by atoms with Gasteiger partial charge in [-0.3, -0.25) is 0 Å². The first-order chi connectivity index (χ1) is 7.11. The molecule has 3 N–H and O–H groups in total. The predicted octanol–water partition coefficient (Wildman–Crippen LogP) is 1.92. The van der Waals surface area contributed by atoms with Crippen molar-refractivity contribution in [1.29, 1.82) is 0 Å². The maximum Gasteiger partial charge on any atom is 0.336 e. The summed E-state index contributed by atoms with van der Waals surface area (Å²) in [4.78, 5) is 13.9. The van der Waals surface area contributed by atoms with Gasteiger partial charge in [-0.05, 0) is 19.1 Å². The van der Waals surface area contributed by atoms with Gasteiger partial charge < -0.3 is 15.2 Å². The maximum atomic E-state index is 11.0. The molecule has 1 aromatic carbocycles. The number of benzene rings is 1. The van der Waals surface area contributed by atoms with Crippen molar-refractivity contribution in [3.8, 4) is 0 Å². The minimum absolute atomic E-state index is 0.213. The highest BCUT2D eigenvalue weighted by Crippen LogP contribution is 2.27. The van der Waals surface area contributed by atoms with E-state index in [0.717, 1.165) is 5.52 Å². The molecular weight excluding hydrogens is 194 g/mol. The summed E-state index contributed by atoms with van der Waals surface area (Å²) in [5.41, 5.74) is 1.55. The molecule has 0 saturated carbocycles. The number of aromatic amines is 1. The second-order valence-electron chi connectivity index (χ2n) is 3.45. The highest BCUT2D eigenvalue weighted by molar-refractivity contribution is 6.04. The van der Waals surface area contributed by atoms with Gasteiger partial charge in [-0.25, -0.2) is 4.79 Å². The van der Waals surface area contributed by atoms with Crippen LogP contribution in [0.3, 0.4) is 0 Å². The van der Waals surface area contributed by atoms with Gasteiger partial charge in [0.1, 0.15) is 0 Å². The standard InChI is InChI=1S/C11H11NO3/c1-6(13)8-5-12-9-4-2-3-7(10(8)9)11(14)15/h2-6,12-13H,1H3,(H,14,15). The van der Waals surface area contributed by atoms with Crippen LogP contribution in [-0.4, -0.2) is 21.2 Å². The van der Waals surface area contributed by atoms with Crippen molar-refractivity contribution in [3.05, 3.63) is 35.5 Å². The molecule has 2 rings (SSSR count). The largest absolute Gasteiger partial charge is 0.478 e. The van der Waals surface area contributed by atoms with E-state index >= 15 is 0 Å². The monoisotopic (exact) mass is 205 g/mol. The lowest BCUT2D eigenvalue weighted by Crippen LogP contribution is -1.99. The van der Waals surface area contributed by atoms with Crippen molar-refractivity contribution >= 4 is 16.9 Å². The number of hydrogen-bond acceptors (Lipinski definition) is 2. The number of carboxylic acids is 1. The van der Waals surface area contributed by atoms with Crippen LogP contribution in [0.25, 0.3) is 10.9 Å². The van der Waals surface area contributed by atoms with Gasteiger partial charge in [0.2, 0.25) is 0 Å². The van der Waals surface area contributed by atoms with E-state index in [0.29, 0.717) is 10.9 Å². The summed E-state index contributed by atoms with van der Waals surface area (Å²) in [7, 11) is 0. The molecule has 0 radical (unpaired) electrons. The van der Waals surface area contributed by atoms with E-state index in [-0.39, 0.29) is 5.56 Å². The number of aliphatic hydroxyl groups is 1. The van der Waals surface area contributed by atoms with Crippen LogP contribution in [0.1, 0.15) is 28.9 Å². The number of nitrogens with one attached hydrogen (secondary N) is 1. The molecule has 0 aliphatic carbocycles. The summed E-state index contributed by atoms with van der Waals surface area (Å²) in [5, 5.41) is 19.1. The number of aromatic nitrogens is 1. The molecule has 0 aliphatic rings. The molecule has 0 bridgehead atoms. The smallest absolute Gasteiger partial charge is 0.336 e. The lowest BCUT2D eigenvalue weighted by Gasteiger charge is -2.04. The summed E-state index contributed by atoms with van der Waals surface area (Å²) in [6.07, 6.45) is 0.959. The van der Waals surface area contributed by atoms with Crippen molar-refractivity contribution < 1.29 is 15.0 Å². The van der Waals surface area contributed by atoms with E-state index in [4.69, 9.17) is 5.11 Å². The van der Waals surface area contributed by atoms with Gasteiger partial charge in [-0.15, -0.1) is 0 Å². The van der Waals surface area contributed by atoms with E-state index in [9.17, 15) is 9.90 Å². The molecule has 0 aliphatic heterocycles. The maximum absolute atomic E-state index is 11.0. The number of hydrogen-bond donors (Lipinski definition) is 3. The summed E-state index contributed by atoms with van der Waals surface area (Å²) in [6, 6.07) is 4.99. The second kappa shape index (κ2) is 3.40. The third kappa shape index (κ3) is 1.49. The zero-order chi connectivity index (χ0) is 11.0. The van der Waals surface area contributed by atoms with E-state index in [1.165, 1.54) is 6.07 Å². The van der Waals surface area contributed by atoms with Crippen molar-refractivity contribution in [3.63, 3.8) is 0 Å². The molecule has 1 atom stereocenters. The van der Waals surface area contributed by atoms with Crippen molar-refractivity contribution in [2.45, 2.75) is 13.0 Å². The number of H-pyrrole nitrogens is 1. The second-order valence-corrected chi connectivity index (χ2v) is 3.45. The van der Waals surface area contributed by atoms with Gasteiger partial charge in [0.05, 0.1) is 11.7 Å². The third-order valence-electron chi connectivity index (χ3n) is 2.42. The average Bonchev–Trinajstić information content (AvgIpc) is 2.60. The van der Waals surface area contributed by atoms with Crippen LogP contribution in [-0.2, 0) is 0 Å². The summed E-state index contributed by atoms with van der Waals surface area (Å²) in [5.74, 6) is -0.984. The zero-order valence-corrected chi connectivity index (χ0v) is 8.19. The lowest BCUT2D eigenvalue weighted by molar-refractivity contribution is 0.0699. The number of carboxylic acid groups (broad SMARTS) is 1. The van der Waals surface area contributed by atoms with Crippen LogP contribution in [0.2, 0.25) is 0 Å². The minimum atomic E-state index is -0.984. The fourth-order valence-corrected chi connectivity index (χ4v) is 1.72. The molecule has 0 spiro atoms. The lowest BCUT2D eigenvalue weighted by atomic mass is 10.0. The number of carbonyl (C=O) groups is 1. The SMILES string of the molecule is CC(O)c1c[nH]c2cccc(C(=O)O)c12. The molecule has 4 nitrogen and oxygen atoms in total. The normalized spacial score (nSPS) is 12.9. The third-order valence-corrected chi connectivity index (χ3v) is 2.42. The Labute approximate surface area is 86.2 Å². The number of rotatable bonds is 2. The summed E-state index contributed by atoms with van der Waals surface area (Å²) in [6.45, 7) is 1.61. The van der Waals surface area contributed by atoms with E-state index < -0.39 is 12.1 Å². The molecule has 78 valence electrons. The first kappa shape index (κ1) is 9.73. The van der Waals surface area contributed by atoms with E-state index in [1.807, 2.05) is 0 Å². The Morgan fingerprint density at radius 3 is 2.80 bits per heavy atom. The fraction of sp³-hybridized carbons (Fsp3) is 0.182. The Kier molecular flexibility index (Phi) is 2.21. The van der Waals surface area contributed by atoms with Crippen LogP contribution in [0.15, 0.2) is 24.4 Å². The summed E-state index contributed by atoms with van der Waals surface area (Å²) < 4.78 is 0. The van der Waals surface area contributed by atoms with Crippen LogP contribution in [0, 0.1) is 0 Å². The molecule has 1 unspecified atom stereocenters. The molecule has 1 heterocycles. The van der Waals surface area contributed by atoms with Gasteiger partial charge in [0.25, 0.3) is 0 Å². The Bertz CT molecular complexity index is 514. The molecule has 0 amide bonds. The predicted molar refractivity (Wildman–Crippen MR) is 55.9 cm³/mol. The molecule has 0 saturated heterocycles. The fourth-order valence-electron chi connectivity index (χ4n) is 1.72. The Balaban J connectivity index is 2.80. The van der Waals surface area contributed by atoms with Gasteiger partial charge in [0, 0.05) is 22.7 Å². The van der Waals surface area contributed by atoms with Crippen LogP contribution >= 0.6 is 0 Å². The Morgan fingerprint density at radius 1 is 1.47 bits per heavy atom. The highest BCUT2D eigenvalue weighted by Gasteiger charge is 2.15. The number of fused-ring (bicyclic) bond motifs is 1. The Hall–Kier alpha value is -1.81. The van der Waals surface area contributed by atoms with Gasteiger partial charge >= 0.3 is 5.97 Å². The molecule has 4 heteroatoms. The molecule has 2 aromatic rings. The van der Waals surface area contributed by atoms with Gasteiger partial charge in [-0.2, -0.15) is 0 Å². The molecule has 0 fully saturated rings. The van der Waals surface area contributed by atoms with E-state index in [1.54, 1.807) is 25.3 Å². The molecule has 1 aromatic heterocycles.